The van der Waals surface area contributed by atoms with E-state index in [2.05, 4.69) is 142 Å². The van der Waals surface area contributed by atoms with Crippen molar-refractivity contribution >= 4 is 32.3 Å². The van der Waals surface area contributed by atoms with Crippen LogP contribution in [0, 0.1) is 12.3 Å². The van der Waals surface area contributed by atoms with E-state index in [0.717, 1.165) is 51.3 Å². The fraction of sp³-hybridized carbons (Fsp3) is 0.366. The molecule has 0 aliphatic carbocycles. The fourth-order valence-corrected chi connectivity index (χ4v) is 6.81. The van der Waals surface area contributed by atoms with Crippen LogP contribution in [0.1, 0.15) is 85.1 Å². The number of benzene rings is 4. The molecule has 0 saturated heterocycles. The van der Waals surface area contributed by atoms with Gasteiger partial charge in [-0.15, -0.1) is 0 Å². The second-order valence-electron chi connectivity index (χ2n) is 16.4. The Balaban J connectivity index is 1.52. The Bertz CT molecular complexity index is 2190. The molecule has 0 spiro atoms. The van der Waals surface area contributed by atoms with Crippen LogP contribution in [-0.2, 0) is 24.3 Å². The van der Waals surface area contributed by atoms with Crippen LogP contribution in [0.3, 0.4) is 0 Å². The van der Waals surface area contributed by atoms with Gasteiger partial charge in [0.1, 0.15) is 30.2 Å². The smallest absolute Gasteiger partial charge is 0.228 e. The molecule has 2 aromatic heterocycles. The zero-order chi connectivity index (χ0) is 32.9. The van der Waals surface area contributed by atoms with Gasteiger partial charge in [-0.05, 0) is 58.0 Å². The Morgan fingerprint density at radius 1 is 0.717 bits per heavy atom. The van der Waals surface area contributed by atoms with E-state index in [1.807, 2.05) is 0 Å². The topological polar surface area (TPSA) is 51.8 Å². The third-order valence-electron chi connectivity index (χ3n) is 9.12. The summed E-state index contributed by atoms with van der Waals surface area (Å²) in [5.41, 5.74) is 5.60. The number of pyridine rings is 1. The van der Waals surface area contributed by atoms with E-state index in [4.69, 9.17) is 19.7 Å². The van der Waals surface area contributed by atoms with E-state index in [0.29, 0.717) is 5.82 Å². The minimum atomic E-state index is -0.199. The van der Waals surface area contributed by atoms with Crippen LogP contribution < -0.4 is 9.30 Å². The molecule has 46 heavy (non-hydrogen) atoms. The average Bonchev–Trinajstić information content (AvgIpc) is 2.98. The summed E-state index contributed by atoms with van der Waals surface area (Å²) in [4.78, 5) is 14.9. The highest BCUT2D eigenvalue weighted by Crippen LogP contribution is 2.52. The van der Waals surface area contributed by atoms with Crippen LogP contribution in [0.5, 0.6) is 11.5 Å². The summed E-state index contributed by atoms with van der Waals surface area (Å²) in [6, 6.07) is 19.8. The van der Waals surface area contributed by atoms with Gasteiger partial charge in [-0.3, -0.25) is 0 Å². The maximum atomic E-state index is 7.05. The largest absolute Gasteiger partial charge is 0.455 e. The van der Waals surface area contributed by atoms with Crippen LogP contribution in [0.2, 0.25) is 0 Å². The summed E-state index contributed by atoms with van der Waals surface area (Å²) in [6.07, 6.45) is 3.11. The first kappa shape index (κ1) is 30.3. The number of nitrogens with zero attached hydrogens (tertiary/aromatic N) is 4. The number of rotatable bonds is 2. The Morgan fingerprint density at radius 3 is 2.00 bits per heavy atom. The molecule has 0 fully saturated rings. The maximum Gasteiger partial charge on any atom is 0.228 e. The molecule has 6 aromatic rings. The van der Waals surface area contributed by atoms with Gasteiger partial charge < -0.3 is 4.74 Å². The SMILES string of the molecule is Cc1c2c(c(CC(C)(C)C)c3ccccc13)Oc1cc3ccc(-c4nc(C(C)(C)C)nc(C(C)(C)C)n4)cc3c3cc[n+](C)c-2c13. The molecule has 5 heteroatoms. The summed E-state index contributed by atoms with van der Waals surface area (Å²) in [7, 11) is 2.15. The number of aromatic nitrogens is 4. The van der Waals surface area contributed by atoms with Gasteiger partial charge in [-0.1, -0.05) is 98.7 Å². The van der Waals surface area contributed by atoms with Crippen LogP contribution >= 0.6 is 0 Å². The van der Waals surface area contributed by atoms with Crippen molar-refractivity contribution in [1.29, 1.82) is 0 Å². The van der Waals surface area contributed by atoms with Gasteiger partial charge in [0, 0.05) is 33.4 Å². The summed E-state index contributed by atoms with van der Waals surface area (Å²) in [5.74, 6) is 4.24. The Hall–Kier alpha value is -4.38. The van der Waals surface area contributed by atoms with Gasteiger partial charge >= 0.3 is 0 Å². The lowest BCUT2D eigenvalue weighted by atomic mass is 9.81. The van der Waals surface area contributed by atoms with E-state index < -0.39 is 0 Å². The molecule has 0 saturated carbocycles. The predicted octanol–water partition coefficient (Wildman–Crippen LogP) is 10.1. The molecule has 0 amide bonds. The van der Waals surface area contributed by atoms with Crippen LogP contribution in [0.4, 0.5) is 0 Å². The molecule has 5 nitrogen and oxygen atoms in total. The quantitative estimate of drug-likeness (QED) is 0.145. The zero-order valence-corrected chi connectivity index (χ0v) is 29.2. The van der Waals surface area contributed by atoms with E-state index in [9.17, 15) is 0 Å². The predicted molar refractivity (Wildman–Crippen MR) is 190 cm³/mol. The number of ether oxygens (including phenoxy) is 1. The van der Waals surface area contributed by atoms with Crippen molar-refractivity contribution < 1.29 is 9.30 Å². The molecule has 3 heterocycles. The Morgan fingerprint density at radius 2 is 1.37 bits per heavy atom. The lowest BCUT2D eigenvalue weighted by Crippen LogP contribution is -2.32. The van der Waals surface area contributed by atoms with E-state index in [1.54, 1.807) is 0 Å². The monoisotopic (exact) mass is 609 g/mol. The van der Waals surface area contributed by atoms with E-state index in [-0.39, 0.29) is 16.2 Å². The normalized spacial score (nSPS) is 13.4. The maximum absolute atomic E-state index is 7.05. The van der Waals surface area contributed by atoms with Crippen molar-refractivity contribution in [2.45, 2.75) is 86.5 Å². The van der Waals surface area contributed by atoms with E-state index in [1.165, 1.54) is 38.5 Å². The molecule has 0 N–H and O–H groups in total. The van der Waals surface area contributed by atoms with Crippen molar-refractivity contribution in [2.24, 2.45) is 12.5 Å². The van der Waals surface area contributed by atoms with Crippen molar-refractivity contribution in [3.8, 4) is 34.1 Å². The molecular formula is C41H45N4O+. The Labute approximate surface area is 272 Å². The Kier molecular flexibility index (Phi) is 6.62. The van der Waals surface area contributed by atoms with Crippen LogP contribution in [0.25, 0.3) is 55.0 Å². The van der Waals surface area contributed by atoms with Crippen molar-refractivity contribution in [2.75, 3.05) is 0 Å². The van der Waals surface area contributed by atoms with Crippen molar-refractivity contribution in [3.63, 3.8) is 0 Å². The minimum Gasteiger partial charge on any atom is -0.455 e. The number of aryl methyl sites for hydroxylation is 2. The first-order valence-corrected chi connectivity index (χ1v) is 16.4. The molecular weight excluding hydrogens is 564 g/mol. The van der Waals surface area contributed by atoms with Crippen LogP contribution in [-0.4, -0.2) is 15.0 Å². The number of hydrogen-bond donors (Lipinski definition) is 0. The van der Waals surface area contributed by atoms with Gasteiger partial charge in [0.05, 0.1) is 10.9 Å². The number of fused-ring (bicyclic) bond motifs is 5. The van der Waals surface area contributed by atoms with Crippen molar-refractivity contribution in [3.05, 3.63) is 83.6 Å². The fourth-order valence-electron chi connectivity index (χ4n) is 6.81. The third-order valence-corrected chi connectivity index (χ3v) is 9.12. The summed E-state index contributed by atoms with van der Waals surface area (Å²) in [5, 5.41) is 7.16. The second-order valence-corrected chi connectivity index (χ2v) is 16.4. The molecule has 0 unspecified atom stereocenters. The van der Waals surface area contributed by atoms with Crippen LogP contribution in [0.15, 0.2) is 60.8 Å². The molecule has 1 aliphatic rings. The first-order valence-electron chi connectivity index (χ1n) is 16.4. The molecule has 0 radical (unpaired) electrons. The standard InChI is InChI=1S/C41H45N4O/c1-23-26-14-12-13-15-27(26)30(22-39(2,3)4)35-32(23)34-33-28(18-19-45(34)11)29-20-25(17-16-24(29)21-31(33)46-35)36-42-37(40(5,6)7)44-38(43-36)41(8,9)10/h12-21H,22H2,1-11H3/q+1. The van der Waals surface area contributed by atoms with Gasteiger partial charge in [-0.25, -0.2) is 19.5 Å². The molecule has 0 bridgehead atoms. The number of hydrogen-bond acceptors (Lipinski definition) is 4. The lowest BCUT2D eigenvalue weighted by Gasteiger charge is -2.28. The minimum absolute atomic E-state index is 0.0954. The second kappa shape index (κ2) is 10.1. The highest BCUT2D eigenvalue weighted by molar-refractivity contribution is 6.16. The van der Waals surface area contributed by atoms with Gasteiger partial charge in [0.25, 0.3) is 0 Å². The van der Waals surface area contributed by atoms with Crippen molar-refractivity contribution in [1.82, 2.24) is 15.0 Å². The molecule has 7 rings (SSSR count). The molecule has 4 aromatic carbocycles. The first-order chi connectivity index (χ1) is 21.5. The lowest BCUT2D eigenvalue weighted by molar-refractivity contribution is -0.659. The summed E-state index contributed by atoms with van der Waals surface area (Å²) >= 11 is 0. The highest BCUT2D eigenvalue weighted by atomic mass is 16.5. The third kappa shape index (κ3) is 4.92. The van der Waals surface area contributed by atoms with Gasteiger partial charge in [0.15, 0.2) is 12.0 Å². The highest BCUT2D eigenvalue weighted by Gasteiger charge is 2.34. The summed E-state index contributed by atoms with van der Waals surface area (Å²) in [6.45, 7) is 22.1. The van der Waals surface area contributed by atoms with E-state index >= 15 is 0 Å². The average molecular weight is 610 g/mol. The summed E-state index contributed by atoms with van der Waals surface area (Å²) < 4.78 is 9.32. The van der Waals surface area contributed by atoms with Gasteiger partial charge in [-0.2, -0.15) is 0 Å². The molecule has 0 atom stereocenters. The van der Waals surface area contributed by atoms with Gasteiger partial charge in [0.2, 0.25) is 5.69 Å². The molecule has 1 aliphatic heterocycles. The molecule has 234 valence electrons. The zero-order valence-electron chi connectivity index (χ0n) is 29.2.